The van der Waals surface area contributed by atoms with Crippen molar-refractivity contribution in [3.63, 3.8) is 0 Å². The third-order valence-corrected chi connectivity index (χ3v) is 11.7. The Morgan fingerprint density at radius 3 is 1.41 bits per heavy atom. The number of aryl methyl sites for hydroxylation is 6. The summed E-state index contributed by atoms with van der Waals surface area (Å²) in [6.45, 7) is 20.2. The lowest BCUT2D eigenvalue weighted by Crippen LogP contribution is -2.61. The summed E-state index contributed by atoms with van der Waals surface area (Å²) in [5, 5.41) is 0. The molecule has 3 nitrogen and oxygen atoms in total. The summed E-state index contributed by atoms with van der Waals surface area (Å²) in [5.74, 6) is 0. The summed E-state index contributed by atoms with van der Waals surface area (Å²) in [5.41, 5.74) is 23.5. The third kappa shape index (κ3) is 6.00. The SMILES string of the molecule is Cc1cccc(N2c3cc(C)ccc3B3c4ccc(C)cc4N(c4cccc(C)c4)c4cc(N(c5ccc(C(C)(C)C)cc5)c5ccc(C)cc5C)cc2c43)c1. The first-order chi connectivity index (χ1) is 26.9. The number of anilines is 9. The van der Waals surface area contributed by atoms with Crippen LogP contribution in [-0.4, -0.2) is 6.71 Å². The smallest absolute Gasteiger partial charge is 0.252 e. The van der Waals surface area contributed by atoms with Crippen molar-refractivity contribution < 1.29 is 0 Å². The molecule has 276 valence electrons. The minimum Gasteiger partial charge on any atom is -0.311 e. The largest absolute Gasteiger partial charge is 0.311 e. The molecular weight excluding hydrogens is 677 g/mol. The number of benzene rings is 7. The van der Waals surface area contributed by atoms with Gasteiger partial charge in [-0.15, -0.1) is 0 Å². The molecule has 0 atom stereocenters. The maximum atomic E-state index is 2.53. The Balaban J connectivity index is 1.42. The number of rotatable bonds is 5. The van der Waals surface area contributed by atoms with Crippen LogP contribution in [0.5, 0.6) is 0 Å². The van der Waals surface area contributed by atoms with Gasteiger partial charge in [-0.2, -0.15) is 0 Å². The van der Waals surface area contributed by atoms with Crippen LogP contribution in [0.1, 0.15) is 59.7 Å². The summed E-state index contributed by atoms with van der Waals surface area (Å²) in [4.78, 5) is 7.54. The maximum absolute atomic E-state index is 2.53. The molecule has 0 aliphatic carbocycles. The molecule has 0 saturated carbocycles. The highest BCUT2D eigenvalue weighted by atomic mass is 15.2. The van der Waals surface area contributed by atoms with Crippen molar-refractivity contribution in [2.24, 2.45) is 0 Å². The van der Waals surface area contributed by atoms with Crippen molar-refractivity contribution in [3.8, 4) is 0 Å². The topological polar surface area (TPSA) is 9.72 Å². The van der Waals surface area contributed by atoms with E-state index >= 15 is 0 Å². The van der Waals surface area contributed by atoms with Gasteiger partial charge >= 0.3 is 0 Å². The average Bonchev–Trinajstić information content (AvgIpc) is 3.15. The second-order valence-electron chi connectivity index (χ2n) is 17.2. The predicted molar refractivity (Wildman–Crippen MR) is 242 cm³/mol. The Hall–Kier alpha value is -6.00. The van der Waals surface area contributed by atoms with E-state index in [9.17, 15) is 0 Å². The van der Waals surface area contributed by atoms with Gasteiger partial charge < -0.3 is 14.7 Å². The predicted octanol–water partition coefficient (Wildman–Crippen LogP) is 12.4. The first-order valence-electron chi connectivity index (χ1n) is 20.0. The fourth-order valence-corrected chi connectivity index (χ4v) is 9.01. The summed E-state index contributed by atoms with van der Waals surface area (Å²) in [6.07, 6.45) is 0. The lowest BCUT2D eigenvalue weighted by Gasteiger charge is -2.45. The fourth-order valence-electron chi connectivity index (χ4n) is 9.01. The number of hydrogen-bond acceptors (Lipinski definition) is 3. The number of fused-ring (bicyclic) bond motifs is 4. The molecule has 0 unspecified atom stereocenters. The molecule has 4 heteroatoms. The van der Waals surface area contributed by atoms with Gasteiger partial charge in [-0.1, -0.05) is 99.1 Å². The van der Waals surface area contributed by atoms with E-state index in [1.807, 2.05) is 0 Å². The van der Waals surface area contributed by atoms with Crippen LogP contribution in [0, 0.1) is 41.5 Å². The fraction of sp³-hybridized carbons (Fsp3) is 0.192. The lowest BCUT2D eigenvalue weighted by atomic mass is 9.33. The van der Waals surface area contributed by atoms with Crippen LogP contribution in [0.4, 0.5) is 51.2 Å². The molecule has 0 bridgehead atoms. The number of nitrogens with zero attached hydrogens (tertiary/aromatic N) is 3. The van der Waals surface area contributed by atoms with Gasteiger partial charge in [0.15, 0.2) is 0 Å². The van der Waals surface area contributed by atoms with Crippen molar-refractivity contribution in [2.45, 2.75) is 67.7 Å². The molecule has 0 N–H and O–H groups in total. The highest BCUT2D eigenvalue weighted by Crippen LogP contribution is 2.49. The first kappa shape index (κ1) is 35.7. The summed E-state index contributed by atoms with van der Waals surface area (Å²) in [7, 11) is 0. The van der Waals surface area contributed by atoms with Crippen LogP contribution >= 0.6 is 0 Å². The second kappa shape index (κ2) is 13.3. The van der Waals surface area contributed by atoms with Crippen LogP contribution in [0.15, 0.2) is 140 Å². The Bertz CT molecular complexity index is 2540. The molecule has 0 spiro atoms. The van der Waals surface area contributed by atoms with Crippen LogP contribution in [0.25, 0.3) is 0 Å². The molecule has 0 aromatic heterocycles. The van der Waals surface area contributed by atoms with Gasteiger partial charge in [-0.05, 0) is 163 Å². The van der Waals surface area contributed by atoms with Gasteiger partial charge in [-0.25, -0.2) is 0 Å². The second-order valence-corrected chi connectivity index (χ2v) is 17.2. The lowest BCUT2D eigenvalue weighted by molar-refractivity contribution is 0.590. The Morgan fingerprint density at radius 1 is 0.446 bits per heavy atom. The van der Waals surface area contributed by atoms with Crippen LogP contribution in [0.3, 0.4) is 0 Å². The van der Waals surface area contributed by atoms with E-state index in [1.54, 1.807) is 0 Å². The third-order valence-electron chi connectivity index (χ3n) is 11.7. The molecule has 7 aromatic rings. The van der Waals surface area contributed by atoms with Crippen LogP contribution in [0.2, 0.25) is 0 Å². The quantitative estimate of drug-likeness (QED) is 0.163. The molecule has 56 heavy (non-hydrogen) atoms. The summed E-state index contributed by atoms with van der Waals surface area (Å²) >= 11 is 0. The Labute approximate surface area is 334 Å². The Morgan fingerprint density at radius 2 is 0.929 bits per heavy atom. The average molecular weight is 728 g/mol. The first-order valence-corrected chi connectivity index (χ1v) is 20.0. The highest BCUT2D eigenvalue weighted by molar-refractivity contribution is 7.00. The van der Waals surface area contributed by atoms with Crippen LogP contribution in [-0.2, 0) is 5.41 Å². The van der Waals surface area contributed by atoms with Crippen molar-refractivity contribution >= 4 is 74.3 Å². The van der Waals surface area contributed by atoms with Crippen molar-refractivity contribution in [3.05, 3.63) is 178 Å². The van der Waals surface area contributed by atoms with Gasteiger partial charge in [0.25, 0.3) is 6.71 Å². The number of hydrogen-bond donors (Lipinski definition) is 0. The maximum Gasteiger partial charge on any atom is 0.252 e. The molecular formula is C52H50BN3. The molecule has 0 fully saturated rings. The summed E-state index contributed by atoms with van der Waals surface area (Å²) < 4.78 is 0. The van der Waals surface area contributed by atoms with E-state index in [2.05, 4.69) is 217 Å². The van der Waals surface area contributed by atoms with Crippen molar-refractivity contribution in [2.75, 3.05) is 14.7 Å². The van der Waals surface area contributed by atoms with Crippen LogP contribution < -0.4 is 31.1 Å². The van der Waals surface area contributed by atoms with Gasteiger partial charge in [0, 0.05) is 45.5 Å². The molecule has 2 aliphatic rings. The zero-order chi connectivity index (χ0) is 39.0. The van der Waals surface area contributed by atoms with Crippen molar-refractivity contribution in [1.82, 2.24) is 0 Å². The van der Waals surface area contributed by atoms with Gasteiger partial charge in [-0.3, -0.25) is 0 Å². The molecule has 9 rings (SSSR count). The zero-order valence-electron chi connectivity index (χ0n) is 34.2. The zero-order valence-corrected chi connectivity index (χ0v) is 34.2. The molecule has 0 amide bonds. The van der Waals surface area contributed by atoms with E-state index in [0.717, 1.165) is 11.4 Å². The summed E-state index contributed by atoms with van der Waals surface area (Å²) in [6, 6.07) is 53.1. The minimum atomic E-state index is 0.0494. The van der Waals surface area contributed by atoms with Crippen molar-refractivity contribution in [1.29, 1.82) is 0 Å². The standard InChI is InChI=1S/C52H50BN3/c1-33-12-10-14-41(27-33)55-47-29-36(4)16-23-44(47)53-45-24-17-37(5)30-48(45)56(42-15-11-13-34(2)28-42)50-32-43(31-49(55)51(50)53)54(46-25-18-35(3)26-38(46)6)40-21-19-39(20-22-40)52(7,8)9/h10-32H,1-9H3. The molecule has 0 radical (unpaired) electrons. The Kier molecular flexibility index (Phi) is 8.50. The normalized spacial score (nSPS) is 13.0. The minimum absolute atomic E-state index is 0.0494. The van der Waals surface area contributed by atoms with E-state index < -0.39 is 0 Å². The van der Waals surface area contributed by atoms with E-state index in [-0.39, 0.29) is 12.1 Å². The molecule has 0 saturated heterocycles. The molecule has 2 heterocycles. The van der Waals surface area contributed by atoms with Gasteiger partial charge in [0.2, 0.25) is 0 Å². The van der Waals surface area contributed by atoms with Gasteiger partial charge in [0.05, 0.1) is 5.69 Å². The van der Waals surface area contributed by atoms with E-state index in [4.69, 9.17) is 0 Å². The molecule has 2 aliphatic heterocycles. The molecule has 7 aromatic carbocycles. The highest BCUT2D eigenvalue weighted by Gasteiger charge is 2.44. The van der Waals surface area contributed by atoms with E-state index in [0.29, 0.717) is 0 Å². The van der Waals surface area contributed by atoms with Gasteiger partial charge in [0.1, 0.15) is 0 Å². The van der Waals surface area contributed by atoms with E-state index in [1.165, 1.54) is 95.1 Å². The monoisotopic (exact) mass is 727 g/mol.